The molecular weight excluding hydrogens is 386 g/mol. The fourth-order valence-corrected chi connectivity index (χ4v) is 3.95. The third-order valence-corrected chi connectivity index (χ3v) is 5.52. The molecule has 31 heavy (non-hydrogen) atoms. The third kappa shape index (κ3) is 7.10. The van der Waals surface area contributed by atoms with Gasteiger partial charge >= 0.3 is 0 Å². The van der Waals surface area contributed by atoms with Crippen LogP contribution in [0.5, 0.6) is 0 Å². The van der Waals surface area contributed by atoms with E-state index < -0.39 is 0 Å². The smallest absolute Gasteiger partial charge is 0.251 e. The SMILES string of the molecule is CCNC(=O)c1cccc(CN=C(NCC)NCC2CCCN2Cc2ccccc2)c1. The second kappa shape index (κ2) is 12.1. The highest BCUT2D eigenvalue weighted by molar-refractivity contribution is 5.94. The monoisotopic (exact) mass is 421 g/mol. The maximum Gasteiger partial charge on any atom is 0.251 e. The van der Waals surface area contributed by atoms with Crippen molar-refractivity contribution in [3.63, 3.8) is 0 Å². The van der Waals surface area contributed by atoms with Crippen molar-refractivity contribution in [3.8, 4) is 0 Å². The van der Waals surface area contributed by atoms with Gasteiger partial charge in [-0.15, -0.1) is 0 Å². The summed E-state index contributed by atoms with van der Waals surface area (Å²) in [4.78, 5) is 19.4. The number of aliphatic imine (C=N–C) groups is 1. The van der Waals surface area contributed by atoms with Crippen molar-refractivity contribution in [1.29, 1.82) is 0 Å². The van der Waals surface area contributed by atoms with Crippen LogP contribution >= 0.6 is 0 Å². The predicted octanol–water partition coefficient (Wildman–Crippen LogP) is 3.16. The molecule has 3 rings (SSSR count). The minimum Gasteiger partial charge on any atom is -0.357 e. The van der Waals surface area contributed by atoms with E-state index in [0.717, 1.165) is 37.7 Å². The van der Waals surface area contributed by atoms with Crippen LogP contribution in [0.3, 0.4) is 0 Å². The lowest BCUT2D eigenvalue weighted by Crippen LogP contribution is -2.44. The second-order valence-corrected chi connectivity index (χ2v) is 7.89. The molecule has 0 spiro atoms. The number of amides is 1. The summed E-state index contributed by atoms with van der Waals surface area (Å²) in [6.45, 7) is 8.96. The lowest BCUT2D eigenvalue weighted by atomic mass is 10.1. The van der Waals surface area contributed by atoms with Crippen LogP contribution in [-0.2, 0) is 13.1 Å². The van der Waals surface area contributed by atoms with E-state index in [4.69, 9.17) is 4.99 Å². The lowest BCUT2D eigenvalue weighted by Gasteiger charge is -2.25. The number of rotatable bonds is 9. The highest BCUT2D eigenvalue weighted by Crippen LogP contribution is 2.19. The second-order valence-electron chi connectivity index (χ2n) is 7.89. The van der Waals surface area contributed by atoms with Crippen molar-refractivity contribution in [2.75, 3.05) is 26.2 Å². The van der Waals surface area contributed by atoms with E-state index in [1.54, 1.807) is 0 Å². The first-order valence-electron chi connectivity index (χ1n) is 11.4. The number of carbonyl (C=O) groups is 1. The zero-order valence-corrected chi connectivity index (χ0v) is 18.7. The Labute approximate surface area is 186 Å². The molecule has 1 fully saturated rings. The van der Waals surface area contributed by atoms with Gasteiger partial charge in [0.1, 0.15) is 0 Å². The average molecular weight is 422 g/mol. The summed E-state index contributed by atoms with van der Waals surface area (Å²) in [7, 11) is 0. The molecule has 0 aliphatic carbocycles. The summed E-state index contributed by atoms with van der Waals surface area (Å²) in [5.74, 6) is 0.774. The zero-order valence-electron chi connectivity index (χ0n) is 18.7. The fraction of sp³-hybridized carbons (Fsp3) is 0.440. The molecule has 1 saturated heterocycles. The molecule has 1 aliphatic heterocycles. The van der Waals surface area contributed by atoms with E-state index in [9.17, 15) is 4.79 Å². The van der Waals surface area contributed by atoms with Crippen molar-refractivity contribution in [2.45, 2.75) is 45.8 Å². The van der Waals surface area contributed by atoms with Gasteiger partial charge in [-0.2, -0.15) is 0 Å². The highest BCUT2D eigenvalue weighted by atomic mass is 16.1. The van der Waals surface area contributed by atoms with Crippen LogP contribution in [0.4, 0.5) is 0 Å². The molecule has 1 heterocycles. The molecule has 2 aromatic carbocycles. The third-order valence-electron chi connectivity index (χ3n) is 5.52. The fourth-order valence-electron chi connectivity index (χ4n) is 3.95. The van der Waals surface area contributed by atoms with E-state index in [1.165, 1.54) is 18.4 Å². The Bertz CT molecular complexity index is 852. The van der Waals surface area contributed by atoms with Gasteiger partial charge in [-0.25, -0.2) is 4.99 Å². The number of nitrogens with one attached hydrogen (secondary N) is 3. The maximum absolute atomic E-state index is 12.1. The Morgan fingerprint density at radius 2 is 1.77 bits per heavy atom. The first-order chi connectivity index (χ1) is 15.2. The van der Waals surface area contributed by atoms with Gasteiger partial charge in [0.25, 0.3) is 5.91 Å². The predicted molar refractivity (Wildman–Crippen MR) is 127 cm³/mol. The van der Waals surface area contributed by atoms with Gasteiger partial charge in [0, 0.05) is 37.8 Å². The lowest BCUT2D eigenvalue weighted by molar-refractivity contribution is 0.0955. The van der Waals surface area contributed by atoms with Crippen LogP contribution in [0.1, 0.15) is 48.2 Å². The van der Waals surface area contributed by atoms with Crippen LogP contribution in [0.2, 0.25) is 0 Å². The van der Waals surface area contributed by atoms with Gasteiger partial charge in [0.15, 0.2) is 5.96 Å². The Kier molecular flexibility index (Phi) is 8.91. The van der Waals surface area contributed by atoms with Crippen molar-refractivity contribution in [2.24, 2.45) is 4.99 Å². The molecular formula is C25H35N5O. The summed E-state index contributed by atoms with van der Waals surface area (Å²) >= 11 is 0. The first kappa shape index (κ1) is 22.8. The molecule has 1 unspecified atom stereocenters. The van der Waals surface area contributed by atoms with E-state index in [-0.39, 0.29) is 5.91 Å². The molecule has 0 bridgehead atoms. The Balaban J connectivity index is 1.57. The number of carbonyl (C=O) groups excluding carboxylic acids is 1. The van der Waals surface area contributed by atoms with Crippen LogP contribution in [0.25, 0.3) is 0 Å². The van der Waals surface area contributed by atoms with Gasteiger partial charge in [0.05, 0.1) is 6.54 Å². The van der Waals surface area contributed by atoms with E-state index in [1.807, 2.05) is 31.2 Å². The van der Waals surface area contributed by atoms with Crippen LogP contribution in [0.15, 0.2) is 59.6 Å². The molecule has 3 N–H and O–H groups in total. The molecule has 0 aromatic heterocycles. The quantitative estimate of drug-likeness (QED) is 0.430. The van der Waals surface area contributed by atoms with Crippen molar-refractivity contribution < 1.29 is 4.79 Å². The maximum atomic E-state index is 12.1. The topological polar surface area (TPSA) is 68.8 Å². The Morgan fingerprint density at radius 1 is 1.00 bits per heavy atom. The number of likely N-dealkylation sites (tertiary alicyclic amines) is 1. The number of nitrogens with zero attached hydrogens (tertiary/aromatic N) is 2. The normalized spacial score (nSPS) is 16.8. The van der Waals surface area contributed by atoms with Crippen LogP contribution < -0.4 is 16.0 Å². The molecule has 6 heteroatoms. The standard InChI is InChI=1S/C25H35N5O/c1-3-26-24(31)22-13-8-12-21(16-22)17-28-25(27-4-2)29-18-23-14-9-15-30(23)19-20-10-6-5-7-11-20/h5-8,10-13,16,23H,3-4,9,14-15,17-19H2,1-2H3,(H,26,31)(H2,27,28,29). The molecule has 0 radical (unpaired) electrons. The number of guanidine groups is 1. The zero-order chi connectivity index (χ0) is 21.9. The molecule has 1 aliphatic rings. The molecule has 1 amide bonds. The minimum atomic E-state index is -0.0434. The summed E-state index contributed by atoms with van der Waals surface area (Å²) in [5, 5.41) is 9.71. The van der Waals surface area contributed by atoms with Gasteiger partial charge in [-0.05, 0) is 56.5 Å². The molecule has 2 aromatic rings. The molecule has 166 valence electrons. The van der Waals surface area contributed by atoms with E-state index >= 15 is 0 Å². The Hall–Kier alpha value is -2.86. The van der Waals surface area contributed by atoms with Gasteiger partial charge in [-0.3, -0.25) is 9.69 Å². The minimum absolute atomic E-state index is 0.0434. The van der Waals surface area contributed by atoms with E-state index in [2.05, 4.69) is 58.1 Å². The molecule has 1 atom stereocenters. The van der Waals surface area contributed by atoms with Crippen molar-refractivity contribution in [3.05, 3.63) is 71.3 Å². The number of hydrogen-bond acceptors (Lipinski definition) is 3. The summed E-state index contributed by atoms with van der Waals surface area (Å²) in [5.41, 5.74) is 3.06. The van der Waals surface area contributed by atoms with Gasteiger partial charge in [-0.1, -0.05) is 42.5 Å². The average Bonchev–Trinajstić information content (AvgIpc) is 3.23. The first-order valence-corrected chi connectivity index (χ1v) is 11.4. The summed E-state index contributed by atoms with van der Waals surface area (Å²) in [6, 6.07) is 18.9. The number of hydrogen-bond donors (Lipinski definition) is 3. The van der Waals surface area contributed by atoms with Crippen LogP contribution in [-0.4, -0.2) is 49.0 Å². The van der Waals surface area contributed by atoms with Gasteiger partial charge in [0.2, 0.25) is 0 Å². The van der Waals surface area contributed by atoms with Crippen molar-refractivity contribution >= 4 is 11.9 Å². The van der Waals surface area contributed by atoms with E-state index in [0.29, 0.717) is 24.7 Å². The highest BCUT2D eigenvalue weighted by Gasteiger charge is 2.24. The van der Waals surface area contributed by atoms with Crippen molar-refractivity contribution in [1.82, 2.24) is 20.9 Å². The number of benzene rings is 2. The van der Waals surface area contributed by atoms with Gasteiger partial charge < -0.3 is 16.0 Å². The summed E-state index contributed by atoms with van der Waals surface area (Å²) < 4.78 is 0. The Morgan fingerprint density at radius 3 is 2.55 bits per heavy atom. The largest absolute Gasteiger partial charge is 0.357 e. The van der Waals surface area contributed by atoms with Crippen LogP contribution in [0, 0.1) is 0 Å². The molecule has 6 nitrogen and oxygen atoms in total. The summed E-state index contributed by atoms with van der Waals surface area (Å²) in [6.07, 6.45) is 2.44. The molecule has 0 saturated carbocycles.